The number of hydrogen-bond donors (Lipinski definition) is 2. The minimum absolute atomic E-state index is 0.186. The first-order valence-corrected chi connectivity index (χ1v) is 6.32. The Labute approximate surface area is 98.1 Å². The summed E-state index contributed by atoms with van der Waals surface area (Å²) < 4.78 is 38.7. The predicted octanol–water partition coefficient (Wildman–Crippen LogP) is 1.14. The molecule has 2 N–H and O–H groups in total. The van der Waals surface area contributed by atoms with Crippen molar-refractivity contribution in [3.63, 3.8) is 0 Å². The second kappa shape index (κ2) is 5.09. The lowest BCUT2D eigenvalue weighted by Crippen LogP contribution is -2.31. The van der Waals surface area contributed by atoms with E-state index in [1.807, 2.05) is 0 Å². The van der Waals surface area contributed by atoms with Gasteiger partial charge in [-0.3, -0.25) is 0 Å². The zero-order valence-corrected chi connectivity index (χ0v) is 10.0. The van der Waals surface area contributed by atoms with E-state index in [0.29, 0.717) is 0 Å². The fourth-order valence-electron chi connectivity index (χ4n) is 1.000. The fraction of sp³-hybridized carbons (Fsp3) is 0.333. The Morgan fingerprint density at radius 3 is 2.75 bits per heavy atom. The van der Waals surface area contributed by atoms with Gasteiger partial charge in [0.1, 0.15) is 4.90 Å². The highest BCUT2D eigenvalue weighted by molar-refractivity contribution is 7.89. The smallest absolute Gasteiger partial charge is 0.243 e. The van der Waals surface area contributed by atoms with E-state index in [-0.39, 0.29) is 11.6 Å². The Kier molecular flexibility index (Phi) is 4.26. The normalized spacial score (nSPS) is 13.8. The second-order valence-electron chi connectivity index (χ2n) is 3.25. The van der Waals surface area contributed by atoms with Crippen molar-refractivity contribution in [3.8, 4) is 0 Å². The number of aliphatic hydroxyl groups excluding tert-OH is 1. The molecule has 0 radical (unpaired) electrons. The standard InChI is InChI=1S/C9H11ClFNO3S/c1-6(13)5-12-16(14,15)8-4-2-3-7(10)9(8)11/h2-4,6,12-13H,5H2,1H3. The van der Waals surface area contributed by atoms with Crippen LogP contribution in [0.4, 0.5) is 4.39 Å². The average molecular weight is 268 g/mol. The van der Waals surface area contributed by atoms with Gasteiger partial charge in [0.15, 0.2) is 5.82 Å². The van der Waals surface area contributed by atoms with Gasteiger partial charge in [0.05, 0.1) is 11.1 Å². The minimum Gasteiger partial charge on any atom is -0.392 e. The van der Waals surface area contributed by atoms with Crippen molar-refractivity contribution in [2.24, 2.45) is 0 Å². The summed E-state index contributed by atoms with van der Waals surface area (Å²) in [4.78, 5) is -0.527. The second-order valence-corrected chi connectivity index (χ2v) is 5.40. The van der Waals surface area contributed by atoms with Crippen LogP contribution in [0.5, 0.6) is 0 Å². The molecule has 16 heavy (non-hydrogen) atoms. The number of aliphatic hydroxyl groups is 1. The maximum Gasteiger partial charge on any atom is 0.243 e. The summed E-state index contributed by atoms with van der Waals surface area (Å²) in [5.74, 6) is -0.998. The van der Waals surface area contributed by atoms with Gasteiger partial charge in [-0.2, -0.15) is 0 Å². The number of rotatable bonds is 4. The van der Waals surface area contributed by atoms with Crippen LogP contribution in [-0.4, -0.2) is 26.2 Å². The molecule has 0 bridgehead atoms. The van der Waals surface area contributed by atoms with Crippen molar-refractivity contribution in [3.05, 3.63) is 29.0 Å². The van der Waals surface area contributed by atoms with Crippen molar-refractivity contribution in [2.45, 2.75) is 17.9 Å². The molecule has 1 aromatic carbocycles. The largest absolute Gasteiger partial charge is 0.392 e. The molecule has 1 aromatic rings. The van der Waals surface area contributed by atoms with Gasteiger partial charge in [0, 0.05) is 6.54 Å². The third kappa shape index (κ3) is 3.15. The van der Waals surface area contributed by atoms with E-state index in [0.717, 1.165) is 6.07 Å². The number of sulfonamides is 1. The van der Waals surface area contributed by atoms with Crippen molar-refractivity contribution >= 4 is 21.6 Å². The Morgan fingerprint density at radius 2 is 2.19 bits per heavy atom. The summed E-state index contributed by atoms with van der Waals surface area (Å²) in [6.07, 6.45) is -0.850. The molecule has 4 nitrogen and oxygen atoms in total. The van der Waals surface area contributed by atoms with Crippen molar-refractivity contribution < 1.29 is 17.9 Å². The van der Waals surface area contributed by atoms with Gasteiger partial charge in [0.25, 0.3) is 0 Å². The molecule has 0 aliphatic rings. The maximum absolute atomic E-state index is 13.4. The molecule has 0 amide bonds. The van der Waals surface area contributed by atoms with Gasteiger partial charge in [0.2, 0.25) is 10.0 Å². The SMILES string of the molecule is CC(O)CNS(=O)(=O)c1cccc(Cl)c1F. The van der Waals surface area contributed by atoms with Crippen LogP contribution in [0.1, 0.15) is 6.92 Å². The molecule has 0 spiro atoms. The van der Waals surface area contributed by atoms with Crippen LogP contribution < -0.4 is 4.72 Å². The molecule has 1 atom stereocenters. The van der Waals surface area contributed by atoms with Crippen LogP contribution in [0.3, 0.4) is 0 Å². The molecule has 0 saturated heterocycles. The molecule has 90 valence electrons. The molecule has 7 heteroatoms. The van der Waals surface area contributed by atoms with Gasteiger partial charge in [-0.15, -0.1) is 0 Å². The van der Waals surface area contributed by atoms with Crippen molar-refractivity contribution in [1.29, 1.82) is 0 Å². The van der Waals surface area contributed by atoms with Crippen LogP contribution >= 0.6 is 11.6 Å². The summed E-state index contributed by atoms with van der Waals surface area (Å²) in [6, 6.07) is 3.69. The van der Waals surface area contributed by atoms with E-state index < -0.39 is 26.8 Å². The first-order chi connectivity index (χ1) is 7.34. The molecule has 0 saturated carbocycles. The Morgan fingerprint density at radius 1 is 1.56 bits per heavy atom. The molecule has 1 unspecified atom stereocenters. The number of halogens is 2. The molecule has 0 fully saturated rings. The highest BCUT2D eigenvalue weighted by Crippen LogP contribution is 2.21. The highest BCUT2D eigenvalue weighted by Gasteiger charge is 2.20. The number of nitrogens with one attached hydrogen (secondary N) is 1. The van der Waals surface area contributed by atoms with Gasteiger partial charge in [-0.05, 0) is 19.1 Å². The van der Waals surface area contributed by atoms with Gasteiger partial charge in [-0.25, -0.2) is 17.5 Å². The first-order valence-electron chi connectivity index (χ1n) is 4.46. The third-order valence-electron chi connectivity index (χ3n) is 1.77. The van der Waals surface area contributed by atoms with Crippen LogP contribution in [0, 0.1) is 5.82 Å². The molecule has 1 rings (SSSR count). The summed E-state index contributed by atoms with van der Waals surface area (Å²) in [5, 5.41) is 8.68. The Bertz CT molecular complexity index is 476. The van der Waals surface area contributed by atoms with E-state index in [4.69, 9.17) is 16.7 Å². The molecule has 0 heterocycles. The maximum atomic E-state index is 13.4. The van der Waals surface area contributed by atoms with E-state index in [1.54, 1.807) is 0 Å². The van der Waals surface area contributed by atoms with E-state index in [2.05, 4.69) is 4.72 Å². The van der Waals surface area contributed by atoms with Crippen molar-refractivity contribution in [2.75, 3.05) is 6.54 Å². The molecule has 0 aliphatic carbocycles. The molecule has 0 aliphatic heterocycles. The zero-order valence-electron chi connectivity index (χ0n) is 8.44. The monoisotopic (exact) mass is 267 g/mol. The van der Waals surface area contributed by atoms with E-state index >= 15 is 0 Å². The van der Waals surface area contributed by atoms with Gasteiger partial charge >= 0.3 is 0 Å². The molecule has 0 aromatic heterocycles. The molecular weight excluding hydrogens is 257 g/mol. The highest BCUT2D eigenvalue weighted by atomic mass is 35.5. The van der Waals surface area contributed by atoms with Crippen LogP contribution in [0.15, 0.2) is 23.1 Å². The Balaban J connectivity index is 3.03. The summed E-state index contributed by atoms with van der Waals surface area (Å²) in [7, 11) is -3.98. The van der Waals surface area contributed by atoms with Crippen LogP contribution in [-0.2, 0) is 10.0 Å². The van der Waals surface area contributed by atoms with Gasteiger partial charge in [-0.1, -0.05) is 17.7 Å². The topological polar surface area (TPSA) is 66.4 Å². The third-order valence-corrected chi connectivity index (χ3v) is 3.51. The molecular formula is C9H11ClFNO3S. The fourth-order valence-corrected chi connectivity index (χ4v) is 2.45. The summed E-state index contributed by atoms with van der Waals surface area (Å²) in [6.45, 7) is 1.23. The number of benzene rings is 1. The lowest BCUT2D eigenvalue weighted by Gasteiger charge is -2.09. The summed E-state index contributed by atoms with van der Waals surface area (Å²) in [5.41, 5.74) is 0. The quantitative estimate of drug-likeness (QED) is 0.860. The lowest BCUT2D eigenvalue weighted by atomic mass is 10.3. The predicted molar refractivity (Wildman–Crippen MR) is 58.3 cm³/mol. The van der Waals surface area contributed by atoms with Crippen LogP contribution in [0.2, 0.25) is 5.02 Å². The Hall–Kier alpha value is -0.690. The number of hydrogen-bond acceptors (Lipinski definition) is 3. The van der Waals surface area contributed by atoms with E-state index in [1.165, 1.54) is 19.1 Å². The van der Waals surface area contributed by atoms with E-state index in [9.17, 15) is 12.8 Å². The average Bonchev–Trinajstić information content (AvgIpc) is 2.19. The zero-order chi connectivity index (χ0) is 12.3. The van der Waals surface area contributed by atoms with Crippen molar-refractivity contribution in [1.82, 2.24) is 4.72 Å². The van der Waals surface area contributed by atoms with Gasteiger partial charge < -0.3 is 5.11 Å². The minimum atomic E-state index is -3.98. The lowest BCUT2D eigenvalue weighted by molar-refractivity contribution is 0.198. The summed E-state index contributed by atoms with van der Waals surface area (Å²) >= 11 is 5.47. The van der Waals surface area contributed by atoms with Crippen LogP contribution in [0.25, 0.3) is 0 Å². The first kappa shape index (κ1) is 13.4.